The Balaban J connectivity index is 1.63. The van der Waals surface area contributed by atoms with Crippen molar-refractivity contribution >= 4 is 5.97 Å². The van der Waals surface area contributed by atoms with E-state index < -0.39 is 35.7 Å². The molecule has 8 heteroatoms. The van der Waals surface area contributed by atoms with Crippen molar-refractivity contribution in [1.29, 1.82) is 0 Å². The van der Waals surface area contributed by atoms with Crippen LogP contribution in [-0.2, 0) is 9.47 Å². The van der Waals surface area contributed by atoms with Crippen molar-refractivity contribution < 1.29 is 18.7 Å². The summed E-state index contributed by atoms with van der Waals surface area (Å²) in [6.07, 6.45) is -2.12. The standard InChI is InChI=1S/C16H15FN2O5/c17-12-8-11(9-23-15(21)10-4-2-1-3-5-10)24-14(12)19-7-6-13(20)18-16(19)22/h1-7,11-12,14H,8-9H2,(H,18,20,22)/t11-,12-,14+/m0/s1. The lowest BCUT2D eigenvalue weighted by molar-refractivity contribution is -0.0456. The lowest BCUT2D eigenvalue weighted by atomic mass is 10.2. The van der Waals surface area contributed by atoms with Gasteiger partial charge in [0.25, 0.3) is 5.56 Å². The SMILES string of the molecule is O=C(OC[C@@H]1C[C@H](F)[C@H](n2ccc(=O)[nH]c2=O)O1)c1ccccc1. The number of esters is 1. The van der Waals surface area contributed by atoms with Gasteiger partial charge in [0.05, 0.1) is 11.7 Å². The minimum absolute atomic E-state index is 0.0156. The largest absolute Gasteiger partial charge is 0.459 e. The summed E-state index contributed by atoms with van der Waals surface area (Å²) in [5.74, 6) is -0.528. The topological polar surface area (TPSA) is 90.4 Å². The molecule has 0 radical (unpaired) electrons. The van der Waals surface area contributed by atoms with E-state index in [1.165, 1.54) is 6.20 Å². The summed E-state index contributed by atoms with van der Waals surface area (Å²) in [5.41, 5.74) is -0.934. The van der Waals surface area contributed by atoms with Crippen molar-refractivity contribution in [2.75, 3.05) is 6.61 Å². The van der Waals surface area contributed by atoms with E-state index in [9.17, 15) is 18.8 Å². The van der Waals surface area contributed by atoms with E-state index in [2.05, 4.69) is 0 Å². The van der Waals surface area contributed by atoms with Gasteiger partial charge in [-0.05, 0) is 12.1 Å². The first-order valence-electron chi connectivity index (χ1n) is 7.38. The molecule has 7 nitrogen and oxygen atoms in total. The quantitative estimate of drug-likeness (QED) is 0.843. The molecule has 1 aliphatic rings. The molecule has 1 aromatic heterocycles. The Hall–Kier alpha value is -2.74. The number of carbonyl (C=O) groups is 1. The number of H-pyrrole nitrogens is 1. The van der Waals surface area contributed by atoms with Gasteiger partial charge in [-0.2, -0.15) is 0 Å². The molecule has 1 aliphatic heterocycles. The monoisotopic (exact) mass is 334 g/mol. The molecule has 24 heavy (non-hydrogen) atoms. The van der Waals surface area contributed by atoms with E-state index in [0.717, 1.165) is 10.6 Å². The number of halogens is 1. The average Bonchev–Trinajstić information content (AvgIpc) is 2.94. The van der Waals surface area contributed by atoms with Gasteiger partial charge in [0.15, 0.2) is 6.23 Å². The third-order valence-electron chi connectivity index (χ3n) is 3.66. The third kappa shape index (κ3) is 3.43. The van der Waals surface area contributed by atoms with Gasteiger partial charge >= 0.3 is 11.7 Å². The molecule has 0 saturated carbocycles. The fourth-order valence-corrected chi connectivity index (χ4v) is 2.51. The summed E-state index contributed by atoms with van der Waals surface area (Å²) in [6.45, 7) is -0.122. The van der Waals surface area contributed by atoms with Crippen molar-refractivity contribution in [2.45, 2.75) is 24.9 Å². The molecule has 1 aromatic carbocycles. The Morgan fingerprint density at radius 3 is 2.75 bits per heavy atom. The van der Waals surface area contributed by atoms with Crippen molar-refractivity contribution in [1.82, 2.24) is 9.55 Å². The van der Waals surface area contributed by atoms with Crippen LogP contribution in [0.15, 0.2) is 52.2 Å². The van der Waals surface area contributed by atoms with Crippen LogP contribution < -0.4 is 11.2 Å². The summed E-state index contributed by atoms with van der Waals surface area (Å²) in [4.78, 5) is 36.7. The number of carbonyl (C=O) groups excluding carboxylic acids is 1. The van der Waals surface area contributed by atoms with Crippen molar-refractivity contribution in [3.05, 3.63) is 69.0 Å². The number of nitrogens with one attached hydrogen (secondary N) is 1. The minimum Gasteiger partial charge on any atom is -0.459 e. The molecule has 0 amide bonds. The fourth-order valence-electron chi connectivity index (χ4n) is 2.51. The third-order valence-corrected chi connectivity index (χ3v) is 3.66. The lowest BCUT2D eigenvalue weighted by Crippen LogP contribution is -2.34. The maximum atomic E-state index is 14.1. The summed E-state index contributed by atoms with van der Waals surface area (Å²) in [5, 5.41) is 0. The molecule has 0 aliphatic carbocycles. The molecule has 3 atom stereocenters. The van der Waals surface area contributed by atoms with Crippen LogP contribution in [0.2, 0.25) is 0 Å². The molecule has 1 N–H and O–H groups in total. The van der Waals surface area contributed by atoms with Crippen LogP contribution >= 0.6 is 0 Å². The lowest BCUT2D eigenvalue weighted by Gasteiger charge is -2.16. The Morgan fingerprint density at radius 2 is 2.04 bits per heavy atom. The Morgan fingerprint density at radius 1 is 1.29 bits per heavy atom. The smallest absolute Gasteiger partial charge is 0.338 e. The van der Waals surface area contributed by atoms with E-state index in [1.54, 1.807) is 30.3 Å². The number of benzene rings is 1. The van der Waals surface area contributed by atoms with E-state index >= 15 is 0 Å². The van der Waals surface area contributed by atoms with Gasteiger partial charge in [0, 0.05) is 18.7 Å². The van der Waals surface area contributed by atoms with Crippen LogP contribution in [0.1, 0.15) is 23.0 Å². The normalized spacial score (nSPS) is 23.1. The van der Waals surface area contributed by atoms with Crippen LogP contribution in [0.3, 0.4) is 0 Å². The Labute approximate surface area is 135 Å². The van der Waals surface area contributed by atoms with Crippen molar-refractivity contribution in [3.63, 3.8) is 0 Å². The van der Waals surface area contributed by atoms with Crippen molar-refractivity contribution in [2.24, 2.45) is 0 Å². The molecule has 126 valence electrons. The van der Waals surface area contributed by atoms with E-state index in [0.29, 0.717) is 5.56 Å². The minimum atomic E-state index is -1.45. The van der Waals surface area contributed by atoms with Crippen LogP contribution in [0.4, 0.5) is 4.39 Å². The second kappa shape index (κ2) is 6.79. The van der Waals surface area contributed by atoms with Crippen LogP contribution in [0.5, 0.6) is 0 Å². The number of alkyl halides is 1. The highest BCUT2D eigenvalue weighted by Crippen LogP contribution is 2.30. The second-order valence-electron chi connectivity index (χ2n) is 5.38. The van der Waals surface area contributed by atoms with Crippen LogP contribution in [0, 0.1) is 0 Å². The predicted octanol–water partition coefficient (Wildman–Crippen LogP) is 1.02. The number of nitrogens with zero attached hydrogens (tertiary/aromatic N) is 1. The summed E-state index contributed by atoms with van der Waals surface area (Å²) in [6, 6.07) is 9.52. The zero-order valence-electron chi connectivity index (χ0n) is 12.6. The summed E-state index contributed by atoms with van der Waals surface area (Å²) < 4.78 is 25.7. The summed E-state index contributed by atoms with van der Waals surface area (Å²) >= 11 is 0. The first kappa shape index (κ1) is 16.1. The summed E-state index contributed by atoms with van der Waals surface area (Å²) in [7, 11) is 0. The van der Waals surface area contributed by atoms with Gasteiger partial charge in [-0.3, -0.25) is 14.3 Å². The molecule has 1 fully saturated rings. The molecule has 0 spiro atoms. The van der Waals surface area contributed by atoms with Gasteiger partial charge in [0.2, 0.25) is 0 Å². The first-order chi connectivity index (χ1) is 11.5. The average molecular weight is 334 g/mol. The number of aromatic nitrogens is 2. The van der Waals surface area contributed by atoms with E-state index in [1.807, 2.05) is 4.98 Å². The van der Waals surface area contributed by atoms with Gasteiger partial charge in [-0.15, -0.1) is 0 Å². The van der Waals surface area contributed by atoms with Gasteiger partial charge in [-0.1, -0.05) is 18.2 Å². The van der Waals surface area contributed by atoms with Gasteiger partial charge in [0.1, 0.15) is 12.8 Å². The van der Waals surface area contributed by atoms with Gasteiger partial charge in [-0.25, -0.2) is 14.0 Å². The number of ether oxygens (including phenoxy) is 2. The molecule has 0 bridgehead atoms. The second-order valence-corrected chi connectivity index (χ2v) is 5.38. The zero-order valence-corrected chi connectivity index (χ0v) is 12.6. The molecule has 3 rings (SSSR count). The molecule has 2 aromatic rings. The highest BCUT2D eigenvalue weighted by Gasteiger charge is 2.37. The van der Waals surface area contributed by atoms with Crippen LogP contribution in [0.25, 0.3) is 0 Å². The Bertz CT molecular complexity index is 832. The zero-order chi connectivity index (χ0) is 17.1. The maximum absolute atomic E-state index is 14.1. The number of rotatable bonds is 4. The first-order valence-corrected chi connectivity index (χ1v) is 7.38. The molecule has 1 saturated heterocycles. The fraction of sp³-hybridized carbons (Fsp3) is 0.312. The molecular weight excluding hydrogens is 319 g/mol. The highest BCUT2D eigenvalue weighted by molar-refractivity contribution is 5.89. The van der Waals surface area contributed by atoms with Crippen LogP contribution in [-0.4, -0.2) is 34.4 Å². The molecule has 2 heterocycles. The number of aromatic amines is 1. The number of hydrogen-bond acceptors (Lipinski definition) is 5. The van der Waals surface area contributed by atoms with Gasteiger partial charge < -0.3 is 9.47 Å². The maximum Gasteiger partial charge on any atom is 0.338 e. The van der Waals surface area contributed by atoms with E-state index in [-0.39, 0.29) is 13.0 Å². The highest BCUT2D eigenvalue weighted by atomic mass is 19.1. The molecular formula is C16H15FN2O5. The Kier molecular flexibility index (Phi) is 4.57. The van der Waals surface area contributed by atoms with Crippen molar-refractivity contribution in [3.8, 4) is 0 Å². The van der Waals surface area contributed by atoms with E-state index in [4.69, 9.17) is 9.47 Å². The number of hydrogen-bond donors (Lipinski definition) is 1. The predicted molar refractivity (Wildman–Crippen MR) is 81.5 cm³/mol. The molecule has 0 unspecified atom stereocenters.